The highest BCUT2D eigenvalue weighted by atomic mass is 16.5. The normalized spacial score (nSPS) is 11.6. The number of aliphatic hydroxyl groups is 1. The zero-order valence-corrected chi connectivity index (χ0v) is 17.2. The van der Waals surface area contributed by atoms with Crippen molar-refractivity contribution in [2.45, 2.75) is 32.3 Å². The Morgan fingerprint density at radius 1 is 0.900 bits per heavy atom. The quantitative estimate of drug-likeness (QED) is 0.490. The molecule has 0 bridgehead atoms. The molecule has 0 aliphatic rings. The molecule has 5 nitrogen and oxygen atoms in total. The Hall–Kier alpha value is -3.44. The predicted molar refractivity (Wildman–Crippen MR) is 118 cm³/mol. The SMILES string of the molecule is CC(C)(O)c1cccc(Cc2ccc(Cc3cc(-c4cccnc4N)on3)cc2)c1. The van der Waals surface area contributed by atoms with Crippen molar-refractivity contribution in [3.8, 4) is 11.3 Å². The molecule has 3 N–H and O–H groups in total. The van der Waals surface area contributed by atoms with E-state index < -0.39 is 5.60 Å². The first-order chi connectivity index (χ1) is 14.4. The highest BCUT2D eigenvalue weighted by Gasteiger charge is 2.16. The number of nitrogens with zero attached hydrogens (tertiary/aromatic N) is 2. The molecule has 4 rings (SSSR count). The third kappa shape index (κ3) is 4.58. The van der Waals surface area contributed by atoms with E-state index in [1.807, 2.05) is 30.3 Å². The van der Waals surface area contributed by atoms with Crippen molar-refractivity contribution in [1.82, 2.24) is 10.1 Å². The molecule has 30 heavy (non-hydrogen) atoms. The van der Waals surface area contributed by atoms with Gasteiger partial charge in [0.1, 0.15) is 5.82 Å². The van der Waals surface area contributed by atoms with Gasteiger partial charge >= 0.3 is 0 Å². The van der Waals surface area contributed by atoms with Gasteiger partial charge in [-0.2, -0.15) is 0 Å². The molecule has 0 aliphatic heterocycles. The van der Waals surface area contributed by atoms with Gasteiger partial charge in [0.05, 0.1) is 16.9 Å². The van der Waals surface area contributed by atoms with Crippen molar-refractivity contribution in [2.24, 2.45) is 0 Å². The summed E-state index contributed by atoms with van der Waals surface area (Å²) < 4.78 is 5.45. The molecule has 152 valence electrons. The lowest BCUT2D eigenvalue weighted by atomic mass is 9.94. The number of rotatable bonds is 6. The number of hydrogen-bond acceptors (Lipinski definition) is 5. The van der Waals surface area contributed by atoms with Gasteiger partial charge in [-0.25, -0.2) is 4.98 Å². The first-order valence-corrected chi connectivity index (χ1v) is 9.94. The molecule has 0 saturated heterocycles. The zero-order valence-electron chi connectivity index (χ0n) is 17.2. The monoisotopic (exact) mass is 399 g/mol. The van der Waals surface area contributed by atoms with Gasteiger partial charge in [-0.3, -0.25) is 0 Å². The van der Waals surface area contributed by atoms with Gasteiger partial charge in [0.25, 0.3) is 0 Å². The number of anilines is 1. The van der Waals surface area contributed by atoms with Crippen molar-refractivity contribution in [2.75, 3.05) is 5.73 Å². The summed E-state index contributed by atoms with van der Waals surface area (Å²) in [7, 11) is 0. The van der Waals surface area contributed by atoms with Crippen LogP contribution in [0.15, 0.2) is 77.4 Å². The summed E-state index contributed by atoms with van der Waals surface area (Å²) in [5, 5.41) is 14.4. The first kappa shape index (κ1) is 19.9. The summed E-state index contributed by atoms with van der Waals surface area (Å²) in [5.41, 5.74) is 11.1. The van der Waals surface area contributed by atoms with E-state index >= 15 is 0 Å². The number of aromatic nitrogens is 2. The molecular weight excluding hydrogens is 374 g/mol. The molecule has 0 fully saturated rings. The zero-order chi connectivity index (χ0) is 21.1. The van der Waals surface area contributed by atoms with Crippen molar-refractivity contribution in [1.29, 1.82) is 0 Å². The molecule has 2 aromatic carbocycles. The lowest BCUT2D eigenvalue weighted by Gasteiger charge is -2.18. The third-order valence-corrected chi connectivity index (χ3v) is 5.11. The minimum Gasteiger partial charge on any atom is -0.386 e. The summed E-state index contributed by atoms with van der Waals surface area (Å²) in [6.07, 6.45) is 3.15. The molecule has 0 saturated carbocycles. The Kier molecular flexibility index (Phi) is 5.38. The Labute approximate surface area is 176 Å². The second-order valence-corrected chi connectivity index (χ2v) is 8.05. The van der Waals surface area contributed by atoms with Crippen molar-refractivity contribution in [3.05, 3.63) is 101 Å². The maximum absolute atomic E-state index is 10.2. The van der Waals surface area contributed by atoms with Crippen LogP contribution >= 0.6 is 0 Å². The molecule has 2 aromatic heterocycles. The van der Waals surface area contributed by atoms with Crippen LogP contribution in [0.2, 0.25) is 0 Å². The molecule has 2 heterocycles. The molecule has 5 heteroatoms. The fourth-order valence-electron chi connectivity index (χ4n) is 3.43. The molecule has 0 radical (unpaired) electrons. The summed E-state index contributed by atoms with van der Waals surface area (Å²) in [6.45, 7) is 3.61. The maximum Gasteiger partial charge on any atom is 0.170 e. The second kappa shape index (κ2) is 8.13. The summed E-state index contributed by atoms with van der Waals surface area (Å²) in [5.74, 6) is 1.05. The smallest absolute Gasteiger partial charge is 0.170 e. The molecule has 0 aliphatic carbocycles. The van der Waals surface area contributed by atoms with E-state index in [4.69, 9.17) is 10.3 Å². The molecule has 4 aromatic rings. The van der Waals surface area contributed by atoms with E-state index in [1.54, 1.807) is 20.0 Å². The minimum absolute atomic E-state index is 0.429. The second-order valence-electron chi connectivity index (χ2n) is 8.05. The van der Waals surface area contributed by atoms with Crippen LogP contribution in [-0.2, 0) is 18.4 Å². The van der Waals surface area contributed by atoms with Crippen molar-refractivity contribution < 1.29 is 9.63 Å². The Balaban J connectivity index is 1.44. The largest absolute Gasteiger partial charge is 0.386 e. The lowest BCUT2D eigenvalue weighted by molar-refractivity contribution is 0.0785. The van der Waals surface area contributed by atoms with Crippen molar-refractivity contribution >= 4 is 5.82 Å². The van der Waals surface area contributed by atoms with Crippen molar-refractivity contribution in [3.63, 3.8) is 0 Å². The standard InChI is InChI=1S/C25H25N3O2/c1-25(2,29)20-6-3-5-19(14-20)13-17-8-10-18(11-9-17)15-21-16-23(30-28-21)22-7-4-12-27-24(22)26/h3-12,14,16,29H,13,15H2,1-2H3,(H2,26,27). The van der Waals surface area contributed by atoms with Gasteiger partial charge < -0.3 is 15.4 Å². The molecule has 0 atom stereocenters. The minimum atomic E-state index is -0.837. The Morgan fingerprint density at radius 3 is 2.33 bits per heavy atom. The fraction of sp³-hybridized carbons (Fsp3) is 0.200. The van der Waals surface area contributed by atoms with E-state index in [-0.39, 0.29) is 0 Å². The van der Waals surface area contributed by atoms with Crippen LogP contribution in [0.25, 0.3) is 11.3 Å². The predicted octanol–water partition coefficient (Wildman–Crippen LogP) is 4.73. The highest BCUT2D eigenvalue weighted by Crippen LogP contribution is 2.26. The first-order valence-electron chi connectivity index (χ1n) is 9.94. The van der Waals surface area contributed by atoms with Crippen LogP contribution in [0.5, 0.6) is 0 Å². The van der Waals surface area contributed by atoms with Gasteiger partial charge in [-0.15, -0.1) is 0 Å². The average molecular weight is 399 g/mol. The number of hydrogen-bond donors (Lipinski definition) is 2. The lowest BCUT2D eigenvalue weighted by Crippen LogP contribution is -2.15. The van der Waals surface area contributed by atoms with Crippen LogP contribution in [0.3, 0.4) is 0 Å². The van der Waals surface area contributed by atoms with E-state index in [1.165, 1.54) is 11.1 Å². The number of nitrogen functional groups attached to an aromatic ring is 1. The molecule has 0 amide bonds. The average Bonchev–Trinajstić information content (AvgIpc) is 3.18. The summed E-state index contributed by atoms with van der Waals surface area (Å²) >= 11 is 0. The number of benzene rings is 2. The van der Waals surface area contributed by atoms with Crippen LogP contribution < -0.4 is 5.73 Å². The van der Waals surface area contributed by atoms with Gasteiger partial charge in [-0.1, -0.05) is 53.7 Å². The molecular formula is C25H25N3O2. The maximum atomic E-state index is 10.2. The highest BCUT2D eigenvalue weighted by molar-refractivity contribution is 5.69. The third-order valence-electron chi connectivity index (χ3n) is 5.11. The topological polar surface area (TPSA) is 85.2 Å². The number of pyridine rings is 1. The van der Waals surface area contributed by atoms with Gasteiger partial charge in [0.2, 0.25) is 0 Å². The van der Waals surface area contributed by atoms with Gasteiger partial charge in [0.15, 0.2) is 5.76 Å². The fourth-order valence-corrected chi connectivity index (χ4v) is 3.43. The van der Waals surface area contributed by atoms with Crippen LogP contribution in [0, 0.1) is 0 Å². The van der Waals surface area contributed by atoms with E-state index in [2.05, 4.69) is 46.5 Å². The van der Waals surface area contributed by atoms with Crippen LogP contribution in [0.1, 0.15) is 41.8 Å². The summed E-state index contributed by atoms with van der Waals surface area (Å²) in [4.78, 5) is 4.09. The summed E-state index contributed by atoms with van der Waals surface area (Å²) in [6, 6.07) is 22.2. The Bertz CT molecular complexity index is 1140. The molecule has 0 unspecified atom stereocenters. The van der Waals surface area contributed by atoms with Gasteiger partial charge in [-0.05, 0) is 54.7 Å². The Morgan fingerprint density at radius 2 is 1.63 bits per heavy atom. The van der Waals surface area contributed by atoms with E-state index in [0.29, 0.717) is 18.0 Å². The van der Waals surface area contributed by atoms with Crippen LogP contribution in [-0.4, -0.2) is 15.2 Å². The van der Waals surface area contributed by atoms with Gasteiger partial charge in [0, 0.05) is 18.7 Å². The van der Waals surface area contributed by atoms with Crippen LogP contribution in [0.4, 0.5) is 5.82 Å². The molecule has 0 spiro atoms. The van der Waals surface area contributed by atoms with E-state index in [0.717, 1.165) is 28.8 Å². The van der Waals surface area contributed by atoms with E-state index in [9.17, 15) is 5.11 Å². The number of nitrogens with two attached hydrogens (primary N) is 1.